The molecule has 0 aliphatic carbocycles. The Morgan fingerprint density at radius 1 is 1.32 bits per heavy atom. The van der Waals surface area contributed by atoms with Gasteiger partial charge in [0.05, 0.1) is 22.4 Å². The van der Waals surface area contributed by atoms with Gasteiger partial charge in [0.25, 0.3) is 0 Å². The monoisotopic (exact) mass is 323 g/mol. The van der Waals surface area contributed by atoms with E-state index in [1.54, 1.807) is 12.1 Å². The largest absolute Gasteiger partial charge is 0.395 e. The summed E-state index contributed by atoms with van der Waals surface area (Å²) in [4.78, 5) is 0. The third-order valence-electron chi connectivity index (χ3n) is 2.41. The van der Waals surface area contributed by atoms with Crippen LogP contribution >= 0.6 is 23.2 Å². The summed E-state index contributed by atoms with van der Waals surface area (Å²) in [5, 5.41) is 9.58. The number of aliphatic hydroxyl groups is 1. The summed E-state index contributed by atoms with van der Waals surface area (Å²) in [5.41, 5.74) is 0.543. The molecule has 19 heavy (non-hydrogen) atoms. The zero-order valence-corrected chi connectivity index (χ0v) is 12.5. The normalized spacial score (nSPS) is 11.8. The zero-order valence-electron chi connectivity index (χ0n) is 10.2. The van der Waals surface area contributed by atoms with Gasteiger partial charge >= 0.3 is 0 Å². The first kappa shape index (κ1) is 16.5. The second-order valence-electron chi connectivity index (χ2n) is 3.87. The Balaban J connectivity index is 2.93. The highest BCUT2D eigenvalue weighted by Gasteiger charge is 2.21. The molecule has 0 radical (unpaired) electrons. The van der Waals surface area contributed by atoms with E-state index in [0.717, 1.165) is 0 Å². The smallest absolute Gasteiger partial charge is 0.218 e. The molecule has 0 heterocycles. The van der Waals surface area contributed by atoms with E-state index < -0.39 is 10.0 Å². The van der Waals surface area contributed by atoms with Crippen molar-refractivity contribution in [2.45, 2.75) is 5.75 Å². The second-order valence-corrected chi connectivity index (χ2v) is 6.66. The number of halogens is 2. The lowest BCUT2D eigenvalue weighted by Gasteiger charge is -2.19. The van der Waals surface area contributed by atoms with Crippen molar-refractivity contribution in [3.8, 4) is 0 Å². The van der Waals surface area contributed by atoms with Crippen molar-refractivity contribution < 1.29 is 13.5 Å². The fourth-order valence-electron chi connectivity index (χ4n) is 1.53. The van der Waals surface area contributed by atoms with Gasteiger partial charge in [-0.25, -0.2) is 8.42 Å². The highest BCUT2D eigenvalue weighted by Crippen LogP contribution is 2.24. The van der Waals surface area contributed by atoms with Gasteiger partial charge in [-0.2, -0.15) is 4.31 Å². The molecule has 0 aliphatic heterocycles. The summed E-state index contributed by atoms with van der Waals surface area (Å²) < 4.78 is 25.5. The molecule has 106 valence electrons. The van der Waals surface area contributed by atoms with Crippen molar-refractivity contribution in [2.75, 3.05) is 19.7 Å². The Morgan fingerprint density at radius 3 is 2.53 bits per heavy atom. The van der Waals surface area contributed by atoms with Gasteiger partial charge in [-0.15, -0.1) is 6.58 Å². The number of aliphatic hydroxyl groups excluding tert-OH is 1. The van der Waals surface area contributed by atoms with Crippen molar-refractivity contribution >= 4 is 33.2 Å². The molecule has 0 spiro atoms. The standard InChI is InChI=1S/C12H15Cl2NO3S/c1-2-5-15(6-7-16)19(17,18)9-10-3-4-11(13)12(14)8-10/h2-4,8,16H,1,5-7,9H2. The first-order valence-corrected chi connectivity index (χ1v) is 7.90. The second kappa shape index (κ2) is 7.26. The van der Waals surface area contributed by atoms with Crippen molar-refractivity contribution in [1.82, 2.24) is 4.31 Å². The summed E-state index contributed by atoms with van der Waals surface area (Å²) in [7, 11) is -3.53. The first-order chi connectivity index (χ1) is 8.90. The van der Waals surface area contributed by atoms with Gasteiger partial charge in [-0.1, -0.05) is 35.3 Å². The Kier molecular flexibility index (Phi) is 6.29. The predicted octanol–water partition coefficient (Wildman–Crippen LogP) is 2.30. The number of hydrogen-bond donors (Lipinski definition) is 1. The lowest BCUT2D eigenvalue weighted by Crippen LogP contribution is -2.34. The fourth-order valence-corrected chi connectivity index (χ4v) is 3.33. The van der Waals surface area contributed by atoms with Gasteiger partial charge < -0.3 is 5.11 Å². The van der Waals surface area contributed by atoms with Gasteiger partial charge in [-0.05, 0) is 17.7 Å². The predicted molar refractivity (Wildman–Crippen MR) is 77.9 cm³/mol. The van der Waals surface area contributed by atoms with Crippen LogP contribution in [0.2, 0.25) is 10.0 Å². The molecule has 0 unspecified atom stereocenters. The van der Waals surface area contributed by atoms with Gasteiger partial charge in [0, 0.05) is 13.1 Å². The molecule has 4 nitrogen and oxygen atoms in total. The van der Waals surface area contributed by atoms with E-state index in [4.69, 9.17) is 28.3 Å². The van der Waals surface area contributed by atoms with Crippen molar-refractivity contribution in [3.63, 3.8) is 0 Å². The summed E-state index contributed by atoms with van der Waals surface area (Å²) in [6.45, 7) is 3.46. The van der Waals surface area contributed by atoms with E-state index in [9.17, 15) is 8.42 Å². The average molecular weight is 324 g/mol. The van der Waals surface area contributed by atoms with Gasteiger partial charge in [0.1, 0.15) is 0 Å². The van der Waals surface area contributed by atoms with Crippen molar-refractivity contribution in [1.29, 1.82) is 0 Å². The van der Waals surface area contributed by atoms with Crippen molar-refractivity contribution in [2.24, 2.45) is 0 Å². The minimum atomic E-state index is -3.53. The molecule has 0 saturated heterocycles. The van der Waals surface area contributed by atoms with Crippen LogP contribution in [0.5, 0.6) is 0 Å². The summed E-state index contributed by atoms with van der Waals surface area (Å²) in [5.74, 6) is -0.197. The van der Waals surface area contributed by atoms with E-state index in [2.05, 4.69) is 6.58 Å². The Morgan fingerprint density at radius 2 is 2.00 bits per heavy atom. The van der Waals surface area contributed by atoms with E-state index in [-0.39, 0.29) is 25.4 Å². The fraction of sp³-hybridized carbons (Fsp3) is 0.333. The first-order valence-electron chi connectivity index (χ1n) is 5.54. The van der Waals surface area contributed by atoms with Crippen LogP contribution in [0, 0.1) is 0 Å². The Hall–Kier alpha value is -0.590. The maximum absolute atomic E-state index is 12.2. The lowest BCUT2D eigenvalue weighted by atomic mass is 10.2. The average Bonchev–Trinajstić information content (AvgIpc) is 2.33. The third-order valence-corrected chi connectivity index (χ3v) is 4.96. The zero-order chi connectivity index (χ0) is 14.5. The van der Waals surface area contributed by atoms with Crippen LogP contribution in [-0.2, 0) is 15.8 Å². The molecule has 0 atom stereocenters. The van der Waals surface area contributed by atoms with E-state index in [1.807, 2.05) is 0 Å². The molecule has 1 rings (SSSR count). The molecule has 0 aliphatic rings. The lowest BCUT2D eigenvalue weighted by molar-refractivity contribution is 0.260. The van der Waals surface area contributed by atoms with E-state index >= 15 is 0 Å². The van der Waals surface area contributed by atoms with Crippen LogP contribution in [0.3, 0.4) is 0 Å². The van der Waals surface area contributed by atoms with Crippen LogP contribution in [0.1, 0.15) is 5.56 Å². The maximum Gasteiger partial charge on any atom is 0.218 e. The molecule has 0 amide bonds. The van der Waals surface area contributed by atoms with Gasteiger partial charge in [0.15, 0.2) is 0 Å². The van der Waals surface area contributed by atoms with Gasteiger partial charge in [-0.3, -0.25) is 0 Å². The SMILES string of the molecule is C=CCN(CCO)S(=O)(=O)Cc1ccc(Cl)c(Cl)c1. The molecule has 0 bridgehead atoms. The highest BCUT2D eigenvalue weighted by molar-refractivity contribution is 7.88. The molecule has 0 aromatic heterocycles. The number of nitrogens with zero attached hydrogens (tertiary/aromatic N) is 1. The third kappa shape index (κ3) is 4.78. The molecule has 7 heteroatoms. The number of benzene rings is 1. The molecular weight excluding hydrogens is 309 g/mol. The minimum Gasteiger partial charge on any atom is -0.395 e. The number of sulfonamides is 1. The summed E-state index contributed by atoms with van der Waals surface area (Å²) in [6.07, 6.45) is 1.47. The molecule has 0 saturated carbocycles. The number of hydrogen-bond acceptors (Lipinski definition) is 3. The van der Waals surface area contributed by atoms with Crippen LogP contribution in [0.25, 0.3) is 0 Å². The molecule has 1 aromatic carbocycles. The molecule has 1 N–H and O–H groups in total. The molecular formula is C12H15Cl2NO3S. The summed E-state index contributed by atoms with van der Waals surface area (Å²) in [6, 6.07) is 4.68. The molecule has 0 fully saturated rings. The topological polar surface area (TPSA) is 57.6 Å². The highest BCUT2D eigenvalue weighted by atomic mass is 35.5. The van der Waals surface area contributed by atoms with Crippen molar-refractivity contribution in [3.05, 3.63) is 46.5 Å². The van der Waals surface area contributed by atoms with E-state index in [1.165, 1.54) is 16.4 Å². The molecule has 1 aromatic rings. The quantitative estimate of drug-likeness (QED) is 0.783. The Labute approximate surface area is 123 Å². The van der Waals surface area contributed by atoms with E-state index in [0.29, 0.717) is 15.6 Å². The van der Waals surface area contributed by atoms with Crippen LogP contribution in [0.15, 0.2) is 30.9 Å². The maximum atomic E-state index is 12.2. The Bertz CT molecular complexity index is 546. The van der Waals surface area contributed by atoms with Gasteiger partial charge in [0.2, 0.25) is 10.0 Å². The summed E-state index contributed by atoms with van der Waals surface area (Å²) >= 11 is 11.6. The number of rotatable bonds is 7. The minimum absolute atomic E-state index is 0.0374. The van der Waals surface area contributed by atoms with Crippen LogP contribution in [-0.4, -0.2) is 37.5 Å². The van der Waals surface area contributed by atoms with Crippen LogP contribution in [0.4, 0.5) is 0 Å². The van der Waals surface area contributed by atoms with Crippen LogP contribution < -0.4 is 0 Å².